The lowest BCUT2D eigenvalue weighted by Gasteiger charge is -2.17. The minimum atomic E-state index is -3.83. The van der Waals surface area contributed by atoms with Gasteiger partial charge in [-0.25, -0.2) is 8.42 Å². The van der Waals surface area contributed by atoms with Crippen LogP contribution in [0.5, 0.6) is 0 Å². The van der Waals surface area contributed by atoms with Gasteiger partial charge in [0.2, 0.25) is 9.84 Å². The van der Waals surface area contributed by atoms with Crippen molar-refractivity contribution < 1.29 is 17.9 Å². The number of hydrogen-bond donors (Lipinski definition) is 0. The van der Waals surface area contributed by atoms with Crippen molar-refractivity contribution in [3.63, 3.8) is 0 Å². The van der Waals surface area contributed by atoms with E-state index in [1.54, 1.807) is 55.0 Å². The van der Waals surface area contributed by atoms with Gasteiger partial charge in [0.1, 0.15) is 10.7 Å². The fraction of sp³-hybridized carbons (Fsp3) is 0.143. The smallest absolute Gasteiger partial charge is 0.266 e. The third kappa shape index (κ3) is 4.11. The van der Waals surface area contributed by atoms with Crippen molar-refractivity contribution >= 4 is 15.7 Å². The number of benzene rings is 1. The molecule has 1 heterocycles. The van der Waals surface area contributed by atoms with E-state index in [1.807, 2.05) is 0 Å². The Hall–Kier alpha value is -2.86. The maximum atomic E-state index is 12.9. The Balaban J connectivity index is 2.42. The SMILES string of the molecule is C=C[CH]/C(OC)=C(C=C)/C=C/C=C1/C(=O)N(C)C(c2ccccc2)S1(=O)=O. The molecule has 0 aromatic heterocycles. The minimum absolute atomic E-state index is 0.245. The van der Waals surface area contributed by atoms with Crippen LogP contribution < -0.4 is 0 Å². The van der Waals surface area contributed by atoms with Crippen LogP contribution in [0.2, 0.25) is 0 Å². The van der Waals surface area contributed by atoms with E-state index in [9.17, 15) is 13.2 Å². The van der Waals surface area contributed by atoms with Crippen molar-refractivity contribution in [3.05, 3.63) is 102 Å². The Morgan fingerprint density at radius 3 is 2.44 bits per heavy atom. The zero-order valence-corrected chi connectivity index (χ0v) is 16.1. The maximum absolute atomic E-state index is 12.9. The molecule has 1 fully saturated rings. The highest BCUT2D eigenvalue weighted by Crippen LogP contribution is 2.38. The Morgan fingerprint density at radius 2 is 1.89 bits per heavy atom. The van der Waals surface area contributed by atoms with E-state index in [-0.39, 0.29) is 4.91 Å². The molecule has 0 saturated carbocycles. The van der Waals surface area contributed by atoms with Crippen LogP contribution in [0.4, 0.5) is 0 Å². The number of amides is 1. The maximum Gasteiger partial charge on any atom is 0.266 e. The summed E-state index contributed by atoms with van der Waals surface area (Å²) in [5.41, 5.74) is 1.18. The van der Waals surface area contributed by atoms with Crippen LogP contribution in [0.1, 0.15) is 10.9 Å². The fourth-order valence-electron chi connectivity index (χ4n) is 2.80. The average Bonchev–Trinajstić information content (AvgIpc) is 2.83. The fourth-order valence-corrected chi connectivity index (χ4v) is 4.72. The quantitative estimate of drug-likeness (QED) is 0.410. The number of hydrogen-bond acceptors (Lipinski definition) is 4. The third-order valence-electron chi connectivity index (χ3n) is 4.09. The molecule has 1 aliphatic rings. The molecule has 27 heavy (non-hydrogen) atoms. The molecule has 1 atom stereocenters. The van der Waals surface area contributed by atoms with Crippen LogP contribution in [0, 0.1) is 6.42 Å². The van der Waals surface area contributed by atoms with E-state index in [2.05, 4.69) is 13.2 Å². The molecule has 1 amide bonds. The first kappa shape index (κ1) is 20.5. The van der Waals surface area contributed by atoms with Crippen LogP contribution in [0.25, 0.3) is 0 Å². The summed E-state index contributed by atoms with van der Waals surface area (Å²) in [4.78, 5) is 13.5. The van der Waals surface area contributed by atoms with Crippen molar-refractivity contribution in [1.29, 1.82) is 0 Å². The van der Waals surface area contributed by atoms with Gasteiger partial charge >= 0.3 is 0 Å². The van der Waals surface area contributed by atoms with Gasteiger partial charge < -0.3 is 9.64 Å². The number of allylic oxidation sites excluding steroid dienone is 6. The van der Waals surface area contributed by atoms with Crippen LogP contribution in [0.3, 0.4) is 0 Å². The van der Waals surface area contributed by atoms with Crippen LogP contribution >= 0.6 is 0 Å². The van der Waals surface area contributed by atoms with Gasteiger partial charge in [0, 0.05) is 19.0 Å². The lowest BCUT2D eigenvalue weighted by Crippen LogP contribution is -2.24. The van der Waals surface area contributed by atoms with Crippen molar-refractivity contribution in [2.24, 2.45) is 0 Å². The summed E-state index contributed by atoms with van der Waals surface area (Å²) in [7, 11) is -0.836. The average molecular weight is 384 g/mol. The Kier molecular flexibility index (Phi) is 6.58. The molecule has 1 radical (unpaired) electrons. The van der Waals surface area contributed by atoms with Gasteiger partial charge in [0.05, 0.1) is 7.11 Å². The molecular weight excluding hydrogens is 362 g/mol. The molecule has 1 aliphatic heterocycles. The summed E-state index contributed by atoms with van der Waals surface area (Å²) in [6.45, 7) is 7.33. The summed E-state index contributed by atoms with van der Waals surface area (Å²) < 4.78 is 31.1. The van der Waals surface area contributed by atoms with Crippen LogP contribution in [-0.2, 0) is 19.4 Å². The summed E-state index contributed by atoms with van der Waals surface area (Å²) in [5.74, 6) is -0.0169. The zero-order chi connectivity index (χ0) is 20.0. The van der Waals surface area contributed by atoms with E-state index in [4.69, 9.17) is 4.74 Å². The molecule has 1 aromatic rings. The van der Waals surface area contributed by atoms with Crippen molar-refractivity contribution in [3.8, 4) is 0 Å². The topological polar surface area (TPSA) is 63.7 Å². The van der Waals surface area contributed by atoms with Crippen molar-refractivity contribution in [2.45, 2.75) is 5.37 Å². The molecule has 1 aromatic carbocycles. The number of carbonyl (C=O) groups is 1. The predicted molar refractivity (Wildman–Crippen MR) is 107 cm³/mol. The van der Waals surface area contributed by atoms with Gasteiger partial charge in [0.25, 0.3) is 5.91 Å². The lowest BCUT2D eigenvalue weighted by atomic mass is 10.1. The van der Waals surface area contributed by atoms with E-state index in [1.165, 1.54) is 31.2 Å². The van der Waals surface area contributed by atoms with E-state index >= 15 is 0 Å². The van der Waals surface area contributed by atoms with Gasteiger partial charge in [-0.3, -0.25) is 4.79 Å². The normalized spacial score (nSPS) is 21.4. The Labute approximate surface area is 160 Å². The molecule has 1 unspecified atom stereocenters. The first-order valence-electron chi connectivity index (χ1n) is 8.19. The molecule has 1 saturated heterocycles. The molecule has 5 nitrogen and oxygen atoms in total. The highest BCUT2D eigenvalue weighted by atomic mass is 32.2. The first-order chi connectivity index (χ1) is 12.9. The van der Waals surface area contributed by atoms with E-state index in [0.29, 0.717) is 16.9 Å². The summed E-state index contributed by atoms with van der Waals surface area (Å²) in [6.07, 6.45) is 9.22. The Morgan fingerprint density at radius 1 is 1.22 bits per heavy atom. The monoisotopic (exact) mass is 384 g/mol. The van der Waals surface area contributed by atoms with Gasteiger partial charge in [0.15, 0.2) is 5.37 Å². The molecule has 0 bridgehead atoms. The molecule has 6 heteroatoms. The van der Waals surface area contributed by atoms with Gasteiger partial charge in [-0.15, -0.1) is 6.58 Å². The highest BCUT2D eigenvalue weighted by molar-refractivity contribution is 7.97. The number of nitrogens with zero attached hydrogens (tertiary/aromatic N) is 1. The van der Waals surface area contributed by atoms with Crippen molar-refractivity contribution in [1.82, 2.24) is 4.90 Å². The van der Waals surface area contributed by atoms with Gasteiger partial charge in [-0.1, -0.05) is 61.2 Å². The zero-order valence-electron chi connectivity index (χ0n) is 15.3. The first-order valence-corrected chi connectivity index (χ1v) is 9.74. The van der Waals surface area contributed by atoms with E-state index < -0.39 is 21.1 Å². The Bertz CT molecular complexity index is 924. The standard InChI is InChI=1S/C21H22NO4S/c1-5-11-18(26-4)16(6-2)14-10-15-19-20(23)22(3)21(27(19,24)25)17-12-8-7-9-13-17/h5-15,21H,1-2H2,3-4H3/b14-10+,18-16-,19-15-. The molecular formula is C21H22NO4S. The molecule has 0 spiro atoms. The summed E-state index contributed by atoms with van der Waals surface area (Å²) in [5, 5.41) is -1.02. The summed E-state index contributed by atoms with van der Waals surface area (Å²) >= 11 is 0. The number of rotatable bonds is 7. The second-order valence-corrected chi connectivity index (χ2v) is 7.72. The van der Waals surface area contributed by atoms with Crippen LogP contribution in [0.15, 0.2) is 90.1 Å². The molecule has 0 N–H and O–H groups in total. The molecule has 141 valence electrons. The predicted octanol–water partition coefficient (Wildman–Crippen LogP) is 3.49. The van der Waals surface area contributed by atoms with Crippen molar-refractivity contribution in [2.75, 3.05) is 14.2 Å². The van der Waals surface area contributed by atoms with Gasteiger partial charge in [-0.2, -0.15) is 0 Å². The minimum Gasteiger partial charge on any atom is -0.500 e. The molecule has 2 rings (SSSR count). The molecule has 0 aliphatic carbocycles. The summed E-state index contributed by atoms with van der Waals surface area (Å²) in [6, 6.07) is 8.67. The number of likely N-dealkylation sites (N-methyl/N-ethyl adjacent to an activating group) is 1. The number of sulfone groups is 1. The number of methoxy groups -OCH3 is 1. The largest absolute Gasteiger partial charge is 0.500 e. The third-order valence-corrected chi connectivity index (χ3v) is 6.19. The highest BCUT2D eigenvalue weighted by Gasteiger charge is 2.47. The number of carbonyl (C=O) groups excluding carboxylic acids is 1. The second-order valence-electron chi connectivity index (χ2n) is 5.74. The van der Waals surface area contributed by atoms with Crippen LogP contribution in [-0.4, -0.2) is 33.4 Å². The second kappa shape index (κ2) is 8.68. The van der Waals surface area contributed by atoms with Gasteiger partial charge in [-0.05, 0) is 11.6 Å². The van der Waals surface area contributed by atoms with E-state index in [0.717, 1.165) is 0 Å². The lowest BCUT2D eigenvalue weighted by molar-refractivity contribution is -0.124. The number of ether oxygens (including phenoxy) is 1.